The van der Waals surface area contributed by atoms with Crippen LogP contribution in [0.15, 0.2) is 69.6 Å². The van der Waals surface area contributed by atoms with Crippen LogP contribution in [0.3, 0.4) is 0 Å². The average molecular weight is 556 g/mol. The molecule has 162 valence electrons. The summed E-state index contributed by atoms with van der Waals surface area (Å²) in [5, 5.41) is 0. The van der Waals surface area contributed by atoms with Crippen LogP contribution < -0.4 is 4.90 Å². The van der Waals surface area contributed by atoms with Gasteiger partial charge in [-0.1, -0.05) is 56.1 Å². The molecule has 1 saturated heterocycles. The fraction of sp³-hybridized carbons (Fsp3) is 0.200. The van der Waals surface area contributed by atoms with E-state index in [1.54, 1.807) is 0 Å². The third-order valence-electron chi connectivity index (χ3n) is 5.81. The molecule has 1 aliphatic heterocycles. The third kappa shape index (κ3) is 4.29. The second kappa shape index (κ2) is 8.89. The summed E-state index contributed by atoms with van der Waals surface area (Å²) in [6.45, 7) is 3.41. The maximum atomic E-state index is 15.1. The molecular weight excluding hydrogens is 535 g/mol. The number of hydrogen-bond acceptors (Lipinski definition) is 4. The first-order chi connectivity index (χ1) is 15.5. The van der Waals surface area contributed by atoms with Gasteiger partial charge in [0.15, 0.2) is 0 Å². The van der Waals surface area contributed by atoms with E-state index >= 15 is 4.39 Å². The normalized spacial score (nSPS) is 14.8. The Balaban J connectivity index is 1.68. The summed E-state index contributed by atoms with van der Waals surface area (Å²) in [4.78, 5) is 14.2. The zero-order chi connectivity index (χ0) is 22.2. The molecule has 1 aliphatic rings. The second-order valence-electron chi connectivity index (χ2n) is 8.02. The highest BCUT2D eigenvalue weighted by molar-refractivity contribution is 9.10. The minimum absolute atomic E-state index is 0.255. The summed E-state index contributed by atoms with van der Waals surface area (Å²) in [5.41, 5.74) is 5.26. The summed E-state index contributed by atoms with van der Waals surface area (Å²) >= 11 is 6.99. The molecule has 3 aromatic carbocycles. The van der Waals surface area contributed by atoms with Gasteiger partial charge in [0.25, 0.3) is 0 Å². The Kier molecular flexibility index (Phi) is 5.97. The zero-order valence-electron chi connectivity index (χ0n) is 17.5. The first kappa shape index (κ1) is 21.5. The smallest absolute Gasteiger partial charge is 0.148 e. The monoisotopic (exact) mass is 554 g/mol. The van der Waals surface area contributed by atoms with Crippen LogP contribution >= 0.6 is 31.9 Å². The predicted molar refractivity (Wildman–Crippen MR) is 135 cm³/mol. The Morgan fingerprint density at radius 1 is 0.719 bits per heavy atom. The molecule has 0 spiro atoms. The van der Waals surface area contributed by atoms with Gasteiger partial charge >= 0.3 is 0 Å². The molecule has 0 unspecified atom stereocenters. The van der Waals surface area contributed by atoms with Gasteiger partial charge in [0, 0.05) is 52.3 Å². The van der Waals surface area contributed by atoms with Crippen molar-refractivity contribution in [1.82, 2.24) is 14.9 Å². The molecule has 0 saturated carbocycles. The first-order valence-corrected chi connectivity index (χ1v) is 12.0. The van der Waals surface area contributed by atoms with Crippen LogP contribution in [-0.4, -0.2) is 48.1 Å². The van der Waals surface area contributed by atoms with E-state index in [-0.39, 0.29) is 5.82 Å². The zero-order valence-corrected chi connectivity index (χ0v) is 20.7. The van der Waals surface area contributed by atoms with Crippen molar-refractivity contribution in [2.75, 3.05) is 38.1 Å². The highest BCUT2D eigenvalue weighted by atomic mass is 79.9. The molecule has 2 heterocycles. The number of nitrogens with zero attached hydrogens (tertiary/aromatic N) is 4. The van der Waals surface area contributed by atoms with Gasteiger partial charge in [-0.05, 0) is 37.4 Å². The fourth-order valence-corrected chi connectivity index (χ4v) is 4.50. The molecule has 0 amide bonds. The Bertz CT molecular complexity index is 1270. The van der Waals surface area contributed by atoms with E-state index in [0.29, 0.717) is 16.7 Å². The lowest BCUT2D eigenvalue weighted by Crippen LogP contribution is -2.44. The number of aromatic nitrogens is 2. The molecule has 32 heavy (non-hydrogen) atoms. The van der Waals surface area contributed by atoms with Crippen LogP contribution in [0.1, 0.15) is 0 Å². The topological polar surface area (TPSA) is 32.3 Å². The molecule has 0 N–H and O–H groups in total. The van der Waals surface area contributed by atoms with Crippen LogP contribution in [0, 0.1) is 5.82 Å². The molecule has 0 atom stereocenters. The number of likely N-dealkylation sites (N-methyl/N-ethyl adjacent to an activating group) is 1. The van der Waals surface area contributed by atoms with Gasteiger partial charge in [-0.25, -0.2) is 14.4 Å². The lowest BCUT2D eigenvalue weighted by molar-refractivity contribution is 0.312. The third-order valence-corrected chi connectivity index (χ3v) is 6.87. The molecule has 0 bridgehead atoms. The van der Waals surface area contributed by atoms with E-state index < -0.39 is 0 Å². The minimum atomic E-state index is -0.255. The van der Waals surface area contributed by atoms with Crippen molar-refractivity contribution >= 4 is 48.6 Å². The standard InChI is InChI=1S/C25H21Br2FN4/c1-31-10-12-32(13-11-31)23-15-22-21(14-20(23)28)29-24(16-2-6-18(26)7-3-16)25(30-22)17-4-8-19(27)9-5-17/h2-9,14-15H,10-13H2,1H3. The van der Waals surface area contributed by atoms with E-state index in [9.17, 15) is 0 Å². The van der Waals surface area contributed by atoms with E-state index in [0.717, 1.165) is 57.6 Å². The van der Waals surface area contributed by atoms with E-state index in [2.05, 4.69) is 48.7 Å². The molecule has 0 aliphatic carbocycles. The lowest BCUT2D eigenvalue weighted by atomic mass is 10.0. The van der Waals surface area contributed by atoms with Crippen molar-refractivity contribution in [3.05, 3.63) is 75.4 Å². The van der Waals surface area contributed by atoms with Gasteiger partial charge in [-0.3, -0.25) is 0 Å². The first-order valence-electron chi connectivity index (χ1n) is 10.4. The Morgan fingerprint density at radius 3 is 1.69 bits per heavy atom. The number of piperazine rings is 1. The van der Waals surface area contributed by atoms with Crippen LogP contribution in [0.2, 0.25) is 0 Å². The van der Waals surface area contributed by atoms with Crippen LogP contribution in [0.5, 0.6) is 0 Å². The molecule has 0 radical (unpaired) electrons. The highest BCUT2D eigenvalue weighted by Gasteiger charge is 2.20. The summed E-state index contributed by atoms with van der Waals surface area (Å²) in [6, 6.07) is 19.3. The van der Waals surface area contributed by atoms with E-state index in [1.165, 1.54) is 6.07 Å². The molecule has 1 aromatic heterocycles. The van der Waals surface area contributed by atoms with Gasteiger partial charge in [0.05, 0.1) is 28.1 Å². The Labute approximate surface area is 203 Å². The molecule has 4 nitrogen and oxygen atoms in total. The van der Waals surface area contributed by atoms with Crippen molar-refractivity contribution < 1.29 is 4.39 Å². The molecule has 1 fully saturated rings. The maximum Gasteiger partial charge on any atom is 0.148 e. The number of anilines is 1. The molecular formula is C25H21Br2FN4. The minimum Gasteiger partial charge on any atom is -0.367 e. The second-order valence-corrected chi connectivity index (χ2v) is 9.85. The lowest BCUT2D eigenvalue weighted by Gasteiger charge is -2.34. The van der Waals surface area contributed by atoms with E-state index in [4.69, 9.17) is 9.97 Å². The maximum absolute atomic E-state index is 15.1. The number of hydrogen-bond donors (Lipinski definition) is 0. The number of fused-ring (bicyclic) bond motifs is 1. The SMILES string of the molecule is CN1CCN(c2cc3nc(-c4ccc(Br)cc4)c(-c4ccc(Br)cc4)nc3cc2F)CC1. The predicted octanol–water partition coefficient (Wildman–Crippen LogP) is 6.38. The Morgan fingerprint density at radius 2 is 1.19 bits per heavy atom. The quantitative estimate of drug-likeness (QED) is 0.293. The number of benzene rings is 3. The van der Waals surface area contributed by atoms with Crippen LogP contribution in [0.4, 0.5) is 10.1 Å². The van der Waals surface area contributed by atoms with Crippen molar-refractivity contribution in [1.29, 1.82) is 0 Å². The van der Waals surface area contributed by atoms with E-state index in [1.807, 2.05) is 54.6 Å². The van der Waals surface area contributed by atoms with Crippen molar-refractivity contribution in [2.45, 2.75) is 0 Å². The van der Waals surface area contributed by atoms with Crippen molar-refractivity contribution in [3.63, 3.8) is 0 Å². The number of rotatable bonds is 3. The van der Waals surface area contributed by atoms with Gasteiger partial charge in [-0.2, -0.15) is 0 Å². The summed E-state index contributed by atoms with van der Waals surface area (Å²) in [5.74, 6) is -0.255. The van der Waals surface area contributed by atoms with Gasteiger partial charge < -0.3 is 9.80 Å². The van der Waals surface area contributed by atoms with Gasteiger partial charge in [0.2, 0.25) is 0 Å². The molecule has 5 rings (SSSR count). The average Bonchev–Trinajstić information content (AvgIpc) is 2.80. The summed E-state index contributed by atoms with van der Waals surface area (Å²) < 4.78 is 17.1. The fourth-order valence-electron chi connectivity index (χ4n) is 3.97. The van der Waals surface area contributed by atoms with Gasteiger partial charge in [-0.15, -0.1) is 0 Å². The van der Waals surface area contributed by atoms with Crippen LogP contribution in [0.25, 0.3) is 33.5 Å². The Hall–Kier alpha value is -2.35. The molecule has 4 aromatic rings. The van der Waals surface area contributed by atoms with Gasteiger partial charge in [0.1, 0.15) is 5.82 Å². The van der Waals surface area contributed by atoms with Crippen molar-refractivity contribution in [3.8, 4) is 22.5 Å². The summed E-state index contributed by atoms with van der Waals surface area (Å²) in [6.07, 6.45) is 0. The van der Waals surface area contributed by atoms with Crippen LogP contribution in [-0.2, 0) is 0 Å². The largest absolute Gasteiger partial charge is 0.367 e. The number of halogens is 3. The summed E-state index contributed by atoms with van der Waals surface area (Å²) in [7, 11) is 2.09. The molecule has 7 heteroatoms. The highest BCUT2D eigenvalue weighted by Crippen LogP contribution is 2.34. The van der Waals surface area contributed by atoms with Crippen molar-refractivity contribution in [2.24, 2.45) is 0 Å².